The first-order valence-electron chi connectivity index (χ1n) is 4.06. The molecule has 2 fully saturated rings. The molecule has 0 amide bonds. The van der Waals surface area contributed by atoms with Crippen molar-refractivity contribution in [2.24, 2.45) is 10.5 Å². The molecule has 1 aliphatic carbocycles. The number of hydrogen-bond acceptors (Lipinski definition) is 2. The highest BCUT2D eigenvalue weighted by Gasteiger charge is 2.45. The minimum atomic E-state index is 0.694. The topological polar surface area (TPSA) is 15.6 Å². The van der Waals surface area contributed by atoms with Gasteiger partial charge in [-0.05, 0) is 31.1 Å². The summed E-state index contributed by atoms with van der Waals surface area (Å²) in [6, 6.07) is 0. The number of rotatable bonds is 1. The molecule has 56 valence electrons. The van der Waals surface area contributed by atoms with Crippen LogP contribution in [0.25, 0.3) is 0 Å². The maximum absolute atomic E-state index is 3.97. The summed E-state index contributed by atoms with van der Waals surface area (Å²) in [5.41, 5.74) is 0.694. The van der Waals surface area contributed by atoms with Gasteiger partial charge in [-0.25, -0.2) is 0 Å². The molecule has 10 heavy (non-hydrogen) atoms. The summed E-state index contributed by atoms with van der Waals surface area (Å²) in [6.45, 7) is 5.86. The second kappa shape index (κ2) is 1.97. The number of hydrogen-bond donors (Lipinski definition) is 0. The van der Waals surface area contributed by atoms with Crippen LogP contribution in [-0.4, -0.2) is 24.8 Å². The Morgan fingerprint density at radius 3 is 2.70 bits per heavy atom. The minimum absolute atomic E-state index is 0.694. The molecule has 0 aromatic heterocycles. The van der Waals surface area contributed by atoms with Crippen LogP contribution in [0.15, 0.2) is 5.10 Å². The summed E-state index contributed by atoms with van der Waals surface area (Å²) in [5, 5.41) is 6.09. The van der Waals surface area contributed by atoms with Gasteiger partial charge in [0.25, 0.3) is 0 Å². The Hall–Kier alpha value is -0.530. The predicted octanol–water partition coefficient (Wildman–Crippen LogP) is 1.48. The van der Waals surface area contributed by atoms with Gasteiger partial charge in [-0.2, -0.15) is 5.10 Å². The van der Waals surface area contributed by atoms with Crippen molar-refractivity contribution in [2.75, 3.05) is 13.1 Å². The first kappa shape index (κ1) is 6.20. The largest absolute Gasteiger partial charge is 0.297 e. The van der Waals surface area contributed by atoms with Gasteiger partial charge in [-0.15, -0.1) is 0 Å². The fraction of sp³-hybridized carbons (Fsp3) is 0.875. The van der Waals surface area contributed by atoms with Gasteiger partial charge in [0.1, 0.15) is 0 Å². The van der Waals surface area contributed by atoms with E-state index in [1.54, 1.807) is 0 Å². The van der Waals surface area contributed by atoms with Gasteiger partial charge in [-0.1, -0.05) is 0 Å². The smallest absolute Gasteiger partial charge is 0.0416 e. The van der Waals surface area contributed by atoms with Gasteiger partial charge in [-0.3, -0.25) is 5.01 Å². The third kappa shape index (κ3) is 0.917. The van der Waals surface area contributed by atoms with E-state index in [0.717, 1.165) is 6.54 Å². The quantitative estimate of drug-likeness (QED) is 0.501. The van der Waals surface area contributed by atoms with E-state index in [4.69, 9.17) is 0 Å². The molecule has 0 aromatic rings. The van der Waals surface area contributed by atoms with E-state index in [0.29, 0.717) is 5.41 Å². The number of hydrazone groups is 1. The van der Waals surface area contributed by atoms with Crippen LogP contribution in [-0.2, 0) is 0 Å². The van der Waals surface area contributed by atoms with Gasteiger partial charge >= 0.3 is 0 Å². The highest BCUT2D eigenvalue weighted by atomic mass is 15.4. The van der Waals surface area contributed by atoms with Crippen molar-refractivity contribution in [3.63, 3.8) is 0 Å². The molecule has 1 aliphatic heterocycles. The van der Waals surface area contributed by atoms with Crippen molar-refractivity contribution in [1.29, 1.82) is 0 Å². The first-order chi connectivity index (χ1) is 4.85. The zero-order valence-corrected chi connectivity index (χ0v) is 6.34. The van der Waals surface area contributed by atoms with Crippen LogP contribution in [0.4, 0.5) is 0 Å². The lowest BCUT2D eigenvalue weighted by molar-refractivity contribution is 0.169. The minimum Gasteiger partial charge on any atom is -0.297 e. The predicted molar refractivity (Wildman–Crippen MR) is 42.0 cm³/mol. The summed E-state index contributed by atoms with van der Waals surface area (Å²) in [6.07, 6.45) is 5.61. The third-order valence-corrected chi connectivity index (χ3v) is 2.80. The number of nitrogens with zero attached hydrogens (tertiary/aromatic N) is 2. The molecule has 0 unspecified atom stereocenters. The molecule has 0 aromatic carbocycles. The van der Waals surface area contributed by atoms with Crippen LogP contribution < -0.4 is 0 Å². The SMILES string of the molecule is C=NN1CCCC2(CC2)C1. The summed E-state index contributed by atoms with van der Waals surface area (Å²) < 4.78 is 0. The molecule has 1 saturated heterocycles. The zero-order valence-electron chi connectivity index (χ0n) is 6.34. The van der Waals surface area contributed by atoms with Crippen LogP contribution in [0, 0.1) is 5.41 Å². The van der Waals surface area contributed by atoms with E-state index in [1.807, 2.05) is 0 Å². The van der Waals surface area contributed by atoms with Crippen molar-refractivity contribution in [3.8, 4) is 0 Å². The molecule has 1 saturated carbocycles. The van der Waals surface area contributed by atoms with Crippen molar-refractivity contribution in [2.45, 2.75) is 25.7 Å². The Balaban J connectivity index is 1.97. The molecule has 0 atom stereocenters. The van der Waals surface area contributed by atoms with Gasteiger partial charge in [0.15, 0.2) is 0 Å². The van der Waals surface area contributed by atoms with Gasteiger partial charge in [0.05, 0.1) is 0 Å². The Morgan fingerprint density at radius 2 is 2.10 bits per heavy atom. The van der Waals surface area contributed by atoms with Crippen molar-refractivity contribution in [3.05, 3.63) is 0 Å². The van der Waals surface area contributed by atoms with Gasteiger partial charge in [0, 0.05) is 19.8 Å². The molecular weight excluding hydrogens is 124 g/mol. The summed E-state index contributed by atoms with van der Waals surface area (Å²) in [7, 11) is 0. The summed E-state index contributed by atoms with van der Waals surface area (Å²) in [5.74, 6) is 0. The van der Waals surface area contributed by atoms with Gasteiger partial charge < -0.3 is 0 Å². The lowest BCUT2D eigenvalue weighted by Gasteiger charge is -2.30. The van der Waals surface area contributed by atoms with E-state index in [2.05, 4.69) is 16.8 Å². The average Bonchev–Trinajstić information content (AvgIpc) is 2.70. The molecular formula is C8H14N2. The molecule has 1 heterocycles. The Morgan fingerprint density at radius 1 is 1.30 bits per heavy atom. The molecule has 1 spiro atoms. The third-order valence-electron chi connectivity index (χ3n) is 2.80. The molecule has 0 radical (unpaired) electrons. The van der Waals surface area contributed by atoms with Crippen LogP contribution in [0.3, 0.4) is 0 Å². The average molecular weight is 138 g/mol. The standard InChI is InChI=1S/C8H14N2/c1-9-10-6-2-3-8(7-10)4-5-8/h1-7H2. The second-order valence-electron chi connectivity index (χ2n) is 3.63. The molecule has 2 nitrogen and oxygen atoms in total. The van der Waals surface area contributed by atoms with Gasteiger partial charge in [0.2, 0.25) is 0 Å². The molecule has 2 heteroatoms. The van der Waals surface area contributed by atoms with Crippen molar-refractivity contribution in [1.82, 2.24) is 5.01 Å². The maximum atomic E-state index is 3.97. The molecule has 0 N–H and O–H groups in total. The fourth-order valence-corrected chi connectivity index (χ4v) is 1.89. The van der Waals surface area contributed by atoms with Crippen LogP contribution >= 0.6 is 0 Å². The Labute approximate surface area is 61.9 Å². The highest BCUT2D eigenvalue weighted by Crippen LogP contribution is 2.51. The maximum Gasteiger partial charge on any atom is 0.0416 e. The fourth-order valence-electron chi connectivity index (χ4n) is 1.89. The van der Waals surface area contributed by atoms with Crippen molar-refractivity contribution < 1.29 is 0 Å². The zero-order chi connectivity index (χ0) is 7.03. The van der Waals surface area contributed by atoms with Crippen LogP contribution in [0.5, 0.6) is 0 Å². The van der Waals surface area contributed by atoms with Crippen molar-refractivity contribution >= 4 is 6.72 Å². The Kier molecular flexibility index (Phi) is 1.22. The molecule has 2 aliphatic rings. The van der Waals surface area contributed by atoms with E-state index < -0.39 is 0 Å². The normalized spacial score (nSPS) is 28.6. The van der Waals surface area contributed by atoms with E-state index in [1.165, 1.54) is 32.2 Å². The van der Waals surface area contributed by atoms with Crippen LogP contribution in [0.2, 0.25) is 0 Å². The lowest BCUT2D eigenvalue weighted by Crippen LogP contribution is -2.32. The Bertz CT molecular complexity index is 149. The summed E-state index contributed by atoms with van der Waals surface area (Å²) >= 11 is 0. The number of piperidine rings is 1. The molecule has 2 rings (SSSR count). The monoisotopic (exact) mass is 138 g/mol. The highest BCUT2D eigenvalue weighted by molar-refractivity contribution is 5.22. The van der Waals surface area contributed by atoms with E-state index in [9.17, 15) is 0 Å². The lowest BCUT2D eigenvalue weighted by atomic mass is 9.96. The second-order valence-corrected chi connectivity index (χ2v) is 3.63. The van der Waals surface area contributed by atoms with Crippen LogP contribution in [0.1, 0.15) is 25.7 Å². The first-order valence-corrected chi connectivity index (χ1v) is 4.06. The molecule has 0 bridgehead atoms. The summed E-state index contributed by atoms with van der Waals surface area (Å²) in [4.78, 5) is 0. The van der Waals surface area contributed by atoms with E-state index >= 15 is 0 Å². The van der Waals surface area contributed by atoms with E-state index in [-0.39, 0.29) is 0 Å².